The molecule has 0 aromatic heterocycles. The van der Waals surface area contributed by atoms with Gasteiger partial charge in [-0.05, 0) is 61.7 Å². The van der Waals surface area contributed by atoms with Crippen molar-refractivity contribution in [1.82, 2.24) is 4.72 Å². The summed E-state index contributed by atoms with van der Waals surface area (Å²) in [4.78, 5) is 0. The standard InChI is InChI=1S/C12H21NO5S2/c14-19(15,8-20(16,17)18)13-7-12-4-9-1-10(5-12)3-11(2-9)6-12/h9-11,13H,1-8H2,(H,16,17,18). The monoisotopic (exact) mass is 323 g/mol. The molecule has 20 heavy (non-hydrogen) atoms. The lowest BCUT2D eigenvalue weighted by atomic mass is 9.50. The molecule has 0 radical (unpaired) electrons. The first-order valence-electron chi connectivity index (χ1n) is 7.07. The van der Waals surface area contributed by atoms with Crippen molar-refractivity contribution in [2.75, 3.05) is 11.6 Å². The fraction of sp³-hybridized carbons (Fsp3) is 1.00. The van der Waals surface area contributed by atoms with Crippen molar-refractivity contribution in [3.63, 3.8) is 0 Å². The largest absolute Gasteiger partial charge is 0.285 e. The fourth-order valence-electron chi connectivity index (χ4n) is 5.01. The highest BCUT2D eigenvalue weighted by atomic mass is 32.3. The molecule has 0 amide bonds. The van der Waals surface area contributed by atoms with Crippen LogP contribution in [0, 0.1) is 23.2 Å². The van der Waals surface area contributed by atoms with Crippen molar-refractivity contribution in [3.8, 4) is 0 Å². The van der Waals surface area contributed by atoms with Crippen molar-refractivity contribution in [1.29, 1.82) is 0 Å². The van der Waals surface area contributed by atoms with E-state index in [-0.39, 0.29) is 5.41 Å². The number of hydrogen-bond acceptors (Lipinski definition) is 4. The molecular weight excluding hydrogens is 302 g/mol. The third kappa shape index (κ3) is 3.18. The van der Waals surface area contributed by atoms with Crippen LogP contribution in [0.1, 0.15) is 38.5 Å². The van der Waals surface area contributed by atoms with Crippen molar-refractivity contribution < 1.29 is 21.4 Å². The molecule has 116 valence electrons. The van der Waals surface area contributed by atoms with Crippen LogP contribution >= 0.6 is 0 Å². The summed E-state index contributed by atoms with van der Waals surface area (Å²) in [5, 5.41) is -1.24. The minimum Gasteiger partial charge on any atom is -0.285 e. The van der Waals surface area contributed by atoms with Crippen molar-refractivity contribution in [2.24, 2.45) is 23.2 Å². The minimum absolute atomic E-state index is 0.0149. The topological polar surface area (TPSA) is 101 Å². The molecule has 2 N–H and O–H groups in total. The lowest BCUT2D eigenvalue weighted by Gasteiger charge is -2.56. The molecule has 8 heteroatoms. The number of nitrogens with one attached hydrogen (secondary N) is 1. The minimum atomic E-state index is -4.51. The van der Waals surface area contributed by atoms with Crippen molar-refractivity contribution >= 4 is 20.1 Å². The molecule has 0 aromatic rings. The Bertz CT molecular complexity index is 560. The Morgan fingerprint density at radius 1 is 0.950 bits per heavy atom. The van der Waals surface area contributed by atoms with E-state index in [4.69, 9.17) is 4.55 Å². The Balaban J connectivity index is 1.67. The summed E-state index contributed by atoms with van der Waals surface area (Å²) in [5.41, 5.74) is 0.0149. The molecule has 0 spiro atoms. The zero-order chi connectivity index (χ0) is 14.6. The van der Waals surface area contributed by atoms with Gasteiger partial charge in [0.05, 0.1) is 0 Å². The molecule has 0 aliphatic heterocycles. The van der Waals surface area contributed by atoms with E-state index < -0.39 is 25.2 Å². The van der Waals surface area contributed by atoms with Gasteiger partial charge in [-0.15, -0.1) is 0 Å². The first-order chi connectivity index (χ1) is 9.15. The average Bonchev–Trinajstić information content (AvgIpc) is 2.21. The van der Waals surface area contributed by atoms with Crippen LogP contribution in [-0.4, -0.2) is 33.0 Å². The summed E-state index contributed by atoms with van der Waals surface area (Å²) in [6.45, 7) is 0.314. The second-order valence-corrected chi connectivity index (χ2v) is 10.7. The molecule has 0 saturated heterocycles. The second-order valence-electron chi connectivity index (χ2n) is 7.05. The summed E-state index contributed by atoms with van der Waals surface area (Å²) in [6, 6.07) is 0. The molecule has 0 unspecified atom stereocenters. The maximum Gasteiger partial charge on any atom is 0.280 e. The maximum absolute atomic E-state index is 11.7. The van der Waals surface area contributed by atoms with Crippen molar-refractivity contribution in [2.45, 2.75) is 38.5 Å². The van der Waals surface area contributed by atoms with E-state index in [1.54, 1.807) is 0 Å². The Morgan fingerprint density at radius 2 is 1.40 bits per heavy atom. The number of sulfonamides is 1. The zero-order valence-corrected chi connectivity index (χ0v) is 12.9. The van der Waals surface area contributed by atoms with Gasteiger partial charge in [-0.3, -0.25) is 4.55 Å². The molecule has 4 rings (SSSR count). The van der Waals surface area contributed by atoms with Crippen LogP contribution in [-0.2, 0) is 20.1 Å². The van der Waals surface area contributed by atoms with Gasteiger partial charge in [0.2, 0.25) is 10.0 Å². The van der Waals surface area contributed by atoms with Crippen LogP contribution in [0.3, 0.4) is 0 Å². The first kappa shape index (κ1) is 14.7. The quantitative estimate of drug-likeness (QED) is 0.734. The molecule has 4 saturated carbocycles. The number of hydrogen-bond donors (Lipinski definition) is 2. The summed E-state index contributed by atoms with van der Waals surface area (Å²) in [6.07, 6.45) is 6.97. The van der Waals surface area contributed by atoms with E-state index >= 15 is 0 Å². The van der Waals surface area contributed by atoms with Crippen LogP contribution in [0.15, 0.2) is 0 Å². The fourth-order valence-corrected chi connectivity index (χ4v) is 7.44. The van der Waals surface area contributed by atoms with E-state index in [0.717, 1.165) is 19.3 Å². The lowest BCUT2D eigenvalue weighted by molar-refractivity contribution is -0.0487. The van der Waals surface area contributed by atoms with Gasteiger partial charge in [0.15, 0.2) is 5.08 Å². The van der Waals surface area contributed by atoms with Gasteiger partial charge in [0, 0.05) is 6.54 Å². The second kappa shape index (κ2) is 4.66. The molecule has 6 nitrogen and oxygen atoms in total. The number of rotatable bonds is 5. The van der Waals surface area contributed by atoms with E-state index in [1.165, 1.54) is 19.3 Å². The highest BCUT2D eigenvalue weighted by Gasteiger charge is 2.50. The van der Waals surface area contributed by atoms with E-state index in [0.29, 0.717) is 24.3 Å². The molecule has 0 heterocycles. The molecule has 4 fully saturated rings. The molecule has 4 aliphatic carbocycles. The Labute approximate surface area is 120 Å². The van der Waals surface area contributed by atoms with Gasteiger partial charge in [-0.25, -0.2) is 13.1 Å². The van der Waals surface area contributed by atoms with Gasteiger partial charge in [-0.1, -0.05) is 0 Å². The lowest BCUT2D eigenvalue weighted by Crippen LogP contribution is -2.51. The van der Waals surface area contributed by atoms with Gasteiger partial charge >= 0.3 is 0 Å². The van der Waals surface area contributed by atoms with Crippen LogP contribution < -0.4 is 4.72 Å². The Kier molecular flexibility index (Phi) is 3.43. The maximum atomic E-state index is 11.7. The molecule has 4 aliphatic rings. The third-order valence-corrected chi connectivity index (χ3v) is 8.15. The Hall–Kier alpha value is -0.180. The average molecular weight is 323 g/mol. The zero-order valence-electron chi connectivity index (χ0n) is 11.3. The van der Waals surface area contributed by atoms with Gasteiger partial charge in [0.1, 0.15) is 0 Å². The SMILES string of the molecule is O=S(=O)(O)CS(=O)(=O)NCC12CC3CC(CC(C3)C1)C2. The van der Waals surface area contributed by atoms with Gasteiger partial charge < -0.3 is 0 Å². The summed E-state index contributed by atoms with van der Waals surface area (Å²) < 4.78 is 55.9. The predicted molar refractivity (Wildman–Crippen MR) is 73.9 cm³/mol. The van der Waals surface area contributed by atoms with E-state index in [2.05, 4.69) is 4.72 Å². The van der Waals surface area contributed by atoms with Crippen LogP contribution in [0.25, 0.3) is 0 Å². The van der Waals surface area contributed by atoms with E-state index in [9.17, 15) is 16.8 Å². The van der Waals surface area contributed by atoms with Crippen LogP contribution in [0.5, 0.6) is 0 Å². The van der Waals surface area contributed by atoms with Gasteiger partial charge in [0.25, 0.3) is 10.1 Å². The van der Waals surface area contributed by atoms with Crippen LogP contribution in [0.2, 0.25) is 0 Å². The van der Waals surface area contributed by atoms with Crippen molar-refractivity contribution in [3.05, 3.63) is 0 Å². The molecular formula is C12H21NO5S2. The third-order valence-electron chi connectivity index (χ3n) is 5.14. The van der Waals surface area contributed by atoms with Crippen LogP contribution in [0.4, 0.5) is 0 Å². The molecule has 4 bridgehead atoms. The smallest absolute Gasteiger partial charge is 0.280 e. The first-order valence-corrected chi connectivity index (χ1v) is 10.3. The van der Waals surface area contributed by atoms with Gasteiger partial charge in [-0.2, -0.15) is 8.42 Å². The highest BCUT2D eigenvalue weighted by molar-refractivity contribution is 8.04. The summed E-state index contributed by atoms with van der Waals surface area (Å²) in [5.74, 6) is 2.15. The normalized spacial score (nSPS) is 40.1. The highest BCUT2D eigenvalue weighted by Crippen LogP contribution is 2.59. The van der Waals surface area contributed by atoms with E-state index in [1.807, 2.05) is 0 Å². The summed E-state index contributed by atoms with van der Waals surface area (Å²) >= 11 is 0. The summed E-state index contributed by atoms with van der Waals surface area (Å²) in [7, 11) is -8.48. The molecule has 0 aromatic carbocycles. The Morgan fingerprint density at radius 3 is 1.80 bits per heavy atom. The molecule has 0 atom stereocenters. The predicted octanol–water partition coefficient (Wildman–Crippen LogP) is 0.967.